The highest BCUT2D eigenvalue weighted by molar-refractivity contribution is 6.37. The van der Waals surface area contributed by atoms with E-state index in [0.29, 0.717) is 15.6 Å². The minimum atomic E-state index is -0.667. The molecule has 2 aromatic carbocycles. The Morgan fingerprint density at radius 1 is 0.963 bits per heavy atom. The summed E-state index contributed by atoms with van der Waals surface area (Å²) >= 11 is 12.1. The van der Waals surface area contributed by atoms with Crippen molar-refractivity contribution in [1.29, 1.82) is 0 Å². The third kappa shape index (κ3) is 5.09. The largest absolute Gasteiger partial charge is 0.465 e. The average molecular weight is 408 g/mol. The van der Waals surface area contributed by atoms with Crippen molar-refractivity contribution in [2.45, 2.75) is 0 Å². The van der Waals surface area contributed by atoms with E-state index in [2.05, 4.69) is 14.8 Å². The van der Waals surface area contributed by atoms with Crippen molar-refractivity contribution in [3.63, 3.8) is 0 Å². The predicted molar refractivity (Wildman–Crippen MR) is 103 cm³/mol. The van der Waals surface area contributed by atoms with Crippen LogP contribution in [-0.2, 0) is 14.3 Å². The quantitative estimate of drug-likeness (QED) is 0.592. The third-order valence-corrected chi connectivity index (χ3v) is 4.16. The number of rotatable bonds is 5. The van der Waals surface area contributed by atoms with Gasteiger partial charge in [-0.1, -0.05) is 29.3 Å². The molecule has 2 aromatic rings. The van der Waals surface area contributed by atoms with E-state index < -0.39 is 17.8 Å². The van der Waals surface area contributed by atoms with Crippen molar-refractivity contribution in [3.05, 3.63) is 69.2 Å². The normalized spacial score (nSPS) is 10.5. The number of amides is 1. The van der Waals surface area contributed by atoms with E-state index in [1.165, 1.54) is 44.6 Å². The van der Waals surface area contributed by atoms with Crippen molar-refractivity contribution in [2.75, 3.05) is 19.5 Å². The molecule has 0 radical (unpaired) electrons. The fourth-order valence-electron chi connectivity index (χ4n) is 2.18. The van der Waals surface area contributed by atoms with Crippen molar-refractivity contribution < 1.29 is 23.9 Å². The zero-order chi connectivity index (χ0) is 20.0. The maximum Gasteiger partial charge on any atom is 0.339 e. The Morgan fingerprint density at radius 2 is 1.59 bits per heavy atom. The van der Waals surface area contributed by atoms with Gasteiger partial charge in [-0.25, -0.2) is 9.59 Å². The zero-order valence-corrected chi connectivity index (χ0v) is 15.9. The lowest BCUT2D eigenvalue weighted by molar-refractivity contribution is -0.111. The maximum atomic E-state index is 12.3. The molecule has 0 heterocycles. The van der Waals surface area contributed by atoms with Crippen molar-refractivity contribution in [1.82, 2.24) is 0 Å². The molecule has 140 valence electrons. The lowest BCUT2D eigenvalue weighted by atomic mass is 10.1. The molecule has 0 saturated heterocycles. The van der Waals surface area contributed by atoms with Gasteiger partial charge in [0.15, 0.2) is 0 Å². The van der Waals surface area contributed by atoms with E-state index in [9.17, 15) is 14.4 Å². The molecule has 0 aliphatic heterocycles. The zero-order valence-electron chi connectivity index (χ0n) is 14.4. The number of carbonyl (C=O) groups is 3. The molecule has 0 bridgehead atoms. The highest BCUT2D eigenvalue weighted by atomic mass is 35.5. The minimum absolute atomic E-state index is 0.0858. The summed E-state index contributed by atoms with van der Waals surface area (Å²) in [5.41, 5.74) is 0.832. The second kappa shape index (κ2) is 9.21. The Balaban J connectivity index is 2.31. The molecule has 0 aliphatic rings. The van der Waals surface area contributed by atoms with Gasteiger partial charge in [-0.2, -0.15) is 0 Å². The van der Waals surface area contributed by atoms with Crippen LogP contribution < -0.4 is 5.32 Å². The summed E-state index contributed by atoms with van der Waals surface area (Å²) < 4.78 is 9.33. The highest BCUT2D eigenvalue weighted by Gasteiger charge is 2.16. The summed E-state index contributed by atoms with van der Waals surface area (Å²) in [6.45, 7) is 0. The molecule has 0 fully saturated rings. The van der Waals surface area contributed by atoms with Gasteiger partial charge >= 0.3 is 11.9 Å². The first-order chi connectivity index (χ1) is 12.9. The Morgan fingerprint density at radius 3 is 2.19 bits per heavy atom. The smallest absolute Gasteiger partial charge is 0.339 e. The van der Waals surface area contributed by atoms with Crippen LogP contribution in [0.1, 0.15) is 26.3 Å². The molecule has 0 saturated carbocycles. The number of anilines is 1. The number of carbonyl (C=O) groups excluding carboxylic acids is 3. The monoisotopic (exact) mass is 407 g/mol. The number of ether oxygens (including phenoxy) is 2. The summed E-state index contributed by atoms with van der Waals surface area (Å²) in [5, 5.41) is 3.30. The number of methoxy groups -OCH3 is 2. The molecule has 0 atom stereocenters. The molecule has 1 amide bonds. The van der Waals surface area contributed by atoms with Crippen LogP contribution in [0.4, 0.5) is 5.69 Å². The fourth-order valence-corrected chi connectivity index (χ4v) is 2.71. The van der Waals surface area contributed by atoms with E-state index in [1.807, 2.05) is 0 Å². The van der Waals surface area contributed by atoms with Gasteiger partial charge < -0.3 is 14.8 Å². The van der Waals surface area contributed by atoms with Gasteiger partial charge in [0.25, 0.3) is 0 Å². The first-order valence-corrected chi connectivity index (χ1v) is 8.36. The molecule has 6 nitrogen and oxygen atoms in total. The van der Waals surface area contributed by atoms with Gasteiger partial charge in [-0.05, 0) is 36.4 Å². The Bertz CT molecular complexity index is 904. The third-order valence-electron chi connectivity index (χ3n) is 3.50. The molecule has 0 aliphatic carbocycles. The van der Waals surface area contributed by atoms with Crippen LogP contribution in [-0.4, -0.2) is 32.1 Å². The Labute approximate surface area is 165 Å². The van der Waals surface area contributed by atoms with Gasteiger partial charge in [0.1, 0.15) is 0 Å². The first-order valence-electron chi connectivity index (χ1n) is 7.61. The molecule has 2 rings (SSSR count). The van der Waals surface area contributed by atoms with E-state index in [4.69, 9.17) is 23.2 Å². The molecule has 0 spiro atoms. The van der Waals surface area contributed by atoms with Crippen LogP contribution in [0.2, 0.25) is 10.0 Å². The lowest BCUT2D eigenvalue weighted by Crippen LogP contribution is -2.14. The molecule has 0 unspecified atom stereocenters. The van der Waals surface area contributed by atoms with Gasteiger partial charge in [-0.3, -0.25) is 4.79 Å². The van der Waals surface area contributed by atoms with Crippen LogP contribution in [0, 0.1) is 0 Å². The molecule has 0 aromatic heterocycles. The van der Waals surface area contributed by atoms with Crippen molar-refractivity contribution in [3.8, 4) is 0 Å². The molecule has 1 N–H and O–H groups in total. The summed E-state index contributed by atoms with van der Waals surface area (Å²) in [4.78, 5) is 35.9. The Hall–Kier alpha value is -2.83. The Kier molecular flexibility index (Phi) is 6.98. The topological polar surface area (TPSA) is 81.7 Å². The number of nitrogens with one attached hydrogen (secondary N) is 1. The standard InChI is InChI=1S/C19H15Cl2NO5/c1-26-18(24)11-6-7-13(19(25)27-2)16(10-11)22-17(23)9-8-12-14(20)4-3-5-15(12)21/h3-10H,1-2H3,(H,22,23)/b9-8+. The van der Waals surface area contributed by atoms with Crippen LogP contribution in [0.3, 0.4) is 0 Å². The van der Waals surface area contributed by atoms with Gasteiger partial charge in [0.2, 0.25) is 5.91 Å². The van der Waals surface area contributed by atoms with E-state index in [-0.39, 0.29) is 16.8 Å². The second-order valence-electron chi connectivity index (χ2n) is 5.20. The summed E-state index contributed by atoms with van der Waals surface area (Å²) in [6.07, 6.45) is 2.65. The summed E-state index contributed by atoms with van der Waals surface area (Å²) in [5.74, 6) is -1.83. The van der Waals surface area contributed by atoms with E-state index >= 15 is 0 Å². The van der Waals surface area contributed by atoms with Crippen LogP contribution in [0.25, 0.3) is 6.08 Å². The number of hydrogen-bond donors (Lipinski definition) is 1. The lowest BCUT2D eigenvalue weighted by Gasteiger charge is -2.10. The predicted octanol–water partition coefficient (Wildman–Crippen LogP) is 4.22. The SMILES string of the molecule is COC(=O)c1ccc(C(=O)OC)c(NC(=O)/C=C/c2c(Cl)cccc2Cl)c1. The van der Waals surface area contributed by atoms with Gasteiger partial charge in [0, 0.05) is 21.7 Å². The van der Waals surface area contributed by atoms with Gasteiger partial charge in [0.05, 0.1) is 31.0 Å². The van der Waals surface area contributed by atoms with Gasteiger partial charge in [-0.15, -0.1) is 0 Å². The first kappa shape index (κ1) is 20.5. The van der Waals surface area contributed by atoms with Crippen molar-refractivity contribution >= 4 is 52.8 Å². The molecular formula is C19H15Cl2NO5. The van der Waals surface area contributed by atoms with Crippen LogP contribution in [0.5, 0.6) is 0 Å². The second-order valence-corrected chi connectivity index (χ2v) is 6.02. The van der Waals surface area contributed by atoms with E-state index in [1.54, 1.807) is 18.2 Å². The number of esters is 2. The molecule has 27 heavy (non-hydrogen) atoms. The van der Waals surface area contributed by atoms with Crippen LogP contribution in [0.15, 0.2) is 42.5 Å². The van der Waals surface area contributed by atoms with Crippen molar-refractivity contribution in [2.24, 2.45) is 0 Å². The molecule has 8 heteroatoms. The minimum Gasteiger partial charge on any atom is -0.465 e. The van der Waals surface area contributed by atoms with E-state index in [0.717, 1.165) is 0 Å². The van der Waals surface area contributed by atoms with Crippen LogP contribution >= 0.6 is 23.2 Å². The number of hydrogen-bond acceptors (Lipinski definition) is 5. The molecular weight excluding hydrogens is 393 g/mol. The highest BCUT2D eigenvalue weighted by Crippen LogP contribution is 2.25. The average Bonchev–Trinajstić information content (AvgIpc) is 2.66. The number of halogens is 2. The number of benzene rings is 2. The fraction of sp³-hybridized carbons (Fsp3) is 0.105. The summed E-state index contributed by atoms with van der Waals surface area (Å²) in [6, 6.07) is 9.05. The summed E-state index contributed by atoms with van der Waals surface area (Å²) in [7, 11) is 2.44. The maximum absolute atomic E-state index is 12.3.